The number of aromatic amines is 1. The van der Waals surface area contributed by atoms with Gasteiger partial charge in [-0.05, 0) is 111 Å². The minimum atomic E-state index is -5.08. The standard InChI is InChI=1S/C19H19N7O.C13H15IN4O.C9H19N.C6H5N3.C2HF3O2/c1-12-8-18(20-2)25-19(23-12)24-14-4-5-17(27-3)16(9-14)26-15-6-7-21-10-13(15)11-22-26;1-8-6-12(15-2)18-13(16-8)17-9-4-5-11(19-3)10(14)7-9;1-3-8-6-4-5-7-9(8)10-2;1-2-7-3-5-4-8-9-6(1)5;3-2(4,5)1(6)7/h4-11H,1-3H3,(H2,20,23,24,25);4-7H,1-3H3,(H2,15,16,17,18);8-10H,3-7H2,1-2H3;1-4H,(H,8,9);(H,6,7). The molecule has 0 spiro atoms. The Balaban J connectivity index is 0.000000184. The van der Waals surface area contributed by atoms with Crippen LogP contribution in [0.3, 0.4) is 0 Å². The van der Waals surface area contributed by atoms with Crippen LogP contribution in [0.15, 0.2) is 97.8 Å². The number of methoxy groups -OCH3 is 2. The van der Waals surface area contributed by atoms with Gasteiger partial charge in [-0.3, -0.25) is 15.1 Å². The molecule has 0 bridgehead atoms. The minimum Gasteiger partial charge on any atom is -0.496 e. The number of benzene rings is 2. The van der Waals surface area contributed by atoms with Gasteiger partial charge < -0.3 is 41.2 Å². The van der Waals surface area contributed by atoms with Crippen LogP contribution in [0.2, 0.25) is 0 Å². The minimum absolute atomic E-state index is 0.519. The van der Waals surface area contributed by atoms with Gasteiger partial charge in [-0.1, -0.05) is 26.2 Å². The fourth-order valence-electron chi connectivity index (χ4n) is 7.37. The molecule has 1 fully saturated rings. The van der Waals surface area contributed by atoms with Crippen molar-refractivity contribution in [2.75, 3.05) is 56.6 Å². The second kappa shape index (κ2) is 27.3. The molecule has 0 saturated heterocycles. The number of rotatable bonds is 11. The third kappa shape index (κ3) is 16.3. The van der Waals surface area contributed by atoms with E-state index in [9.17, 15) is 13.2 Å². The molecule has 23 heteroatoms. The number of carboxylic acids is 1. The first-order valence-corrected chi connectivity index (χ1v) is 23.8. The van der Waals surface area contributed by atoms with Crippen molar-refractivity contribution in [2.45, 2.75) is 65.1 Å². The summed E-state index contributed by atoms with van der Waals surface area (Å²) in [6, 6.07) is 20.0. The first-order valence-electron chi connectivity index (χ1n) is 22.7. The normalized spacial score (nSPS) is 13.8. The zero-order chi connectivity index (χ0) is 52.2. The Morgan fingerprint density at radius 3 is 1.88 bits per heavy atom. The Morgan fingerprint density at radius 1 is 0.778 bits per heavy atom. The first-order chi connectivity index (χ1) is 34.6. The lowest BCUT2D eigenvalue weighted by Gasteiger charge is -2.30. The van der Waals surface area contributed by atoms with E-state index in [4.69, 9.17) is 19.4 Å². The highest BCUT2D eigenvalue weighted by molar-refractivity contribution is 14.1. The number of carboxylic acid groups (broad SMARTS) is 1. The third-order valence-electron chi connectivity index (χ3n) is 10.9. The van der Waals surface area contributed by atoms with Crippen LogP contribution in [0.1, 0.15) is 50.4 Å². The van der Waals surface area contributed by atoms with Crippen molar-refractivity contribution in [2.24, 2.45) is 5.92 Å². The van der Waals surface area contributed by atoms with Crippen molar-refractivity contribution in [1.29, 1.82) is 0 Å². The number of nitrogens with zero attached hydrogens (tertiary/aromatic N) is 9. The molecule has 1 aliphatic rings. The molecule has 7 N–H and O–H groups in total. The summed E-state index contributed by atoms with van der Waals surface area (Å²) in [5.74, 6) is 2.40. The number of alkyl halides is 3. The molecule has 2 atom stereocenters. The van der Waals surface area contributed by atoms with Gasteiger partial charge in [-0.15, -0.1) is 0 Å². The quantitative estimate of drug-likeness (QED) is 0.0596. The molecule has 382 valence electrons. The van der Waals surface area contributed by atoms with Crippen LogP contribution in [0.5, 0.6) is 11.5 Å². The van der Waals surface area contributed by atoms with E-state index in [1.54, 1.807) is 51.4 Å². The molecule has 72 heavy (non-hydrogen) atoms. The van der Waals surface area contributed by atoms with Gasteiger partial charge in [0.15, 0.2) is 0 Å². The number of carbonyl (C=O) groups is 1. The van der Waals surface area contributed by atoms with E-state index in [2.05, 4.69) is 108 Å². The summed E-state index contributed by atoms with van der Waals surface area (Å²) >= 11 is 2.23. The van der Waals surface area contributed by atoms with E-state index in [1.807, 2.05) is 93.3 Å². The van der Waals surface area contributed by atoms with Crippen molar-refractivity contribution >= 4 is 85.3 Å². The van der Waals surface area contributed by atoms with E-state index in [0.717, 1.165) is 83.2 Å². The lowest BCUT2D eigenvalue weighted by atomic mass is 9.83. The SMILES string of the molecule is CCC1CCCCC1NC.CNc1cc(C)nc(Nc2ccc(OC)c(-n3ncc4cnccc43)c2)n1.CNc1cc(C)nc(Nc2ccc(OC)c(I)c2)n1.O=C(O)C(F)(F)F.c1cc2[nH]ncc2cn1. The summed E-state index contributed by atoms with van der Waals surface area (Å²) in [5.41, 5.74) is 6.33. The average Bonchev–Trinajstić information content (AvgIpc) is 4.04. The van der Waals surface area contributed by atoms with E-state index in [0.29, 0.717) is 17.6 Å². The Labute approximate surface area is 428 Å². The number of nitrogens with one attached hydrogen (secondary N) is 6. The average molecular weight is 1110 g/mol. The second-order valence-electron chi connectivity index (χ2n) is 15.9. The van der Waals surface area contributed by atoms with E-state index >= 15 is 0 Å². The molecular weight excluding hydrogens is 1050 g/mol. The Hall–Kier alpha value is -7.41. The second-order valence-corrected chi connectivity index (χ2v) is 17.1. The number of fused-ring (bicyclic) bond motifs is 2. The number of H-pyrrole nitrogens is 1. The molecule has 0 aliphatic heterocycles. The van der Waals surface area contributed by atoms with Crippen LogP contribution in [-0.2, 0) is 4.79 Å². The summed E-state index contributed by atoms with van der Waals surface area (Å²) in [4.78, 5) is 34.5. The van der Waals surface area contributed by atoms with Crippen LogP contribution in [0.4, 0.5) is 48.1 Å². The van der Waals surface area contributed by atoms with Crippen LogP contribution < -0.4 is 36.1 Å². The summed E-state index contributed by atoms with van der Waals surface area (Å²) in [6.45, 7) is 6.17. The van der Waals surface area contributed by atoms with Crippen molar-refractivity contribution in [1.82, 2.24) is 55.2 Å². The number of aliphatic carboxylic acids is 1. The number of ether oxygens (including phenoxy) is 2. The maximum absolute atomic E-state index is 10.6. The molecule has 6 aromatic heterocycles. The Bertz CT molecular complexity index is 2930. The molecule has 9 rings (SSSR count). The topological polar surface area (TPSA) is 240 Å². The van der Waals surface area contributed by atoms with Gasteiger partial charge in [0.2, 0.25) is 11.9 Å². The molecule has 0 amide bonds. The molecule has 8 aromatic rings. The number of hydrogen-bond acceptors (Lipinski definition) is 16. The smallest absolute Gasteiger partial charge is 0.490 e. The van der Waals surface area contributed by atoms with Crippen LogP contribution in [0, 0.1) is 23.3 Å². The first kappa shape index (κ1) is 55.5. The largest absolute Gasteiger partial charge is 0.496 e. The highest BCUT2D eigenvalue weighted by atomic mass is 127. The monoisotopic (exact) mass is 1110 g/mol. The summed E-state index contributed by atoms with van der Waals surface area (Å²) in [7, 11) is 9.06. The van der Waals surface area contributed by atoms with E-state index in [-0.39, 0.29) is 0 Å². The van der Waals surface area contributed by atoms with E-state index < -0.39 is 12.1 Å². The summed E-state index contributed by atoms with van der Waals surface area (Å²) in [6.07, 6.45) is 12.6. The molecular formula is C49H59F3IN15O4. The maximum Gasteiger partial charge on any atom is 0.490 e. The Kier molecular flexibility index (Phi) is 21.0. The van der Waals surface area contributed by atoms with E-state index in [1.165, 1.54) is 32.1 Å². The van der Waals surface area contributed by atoms with Gasteiger partial charge in [0.1, 0.15) is 28.8 Å². The summed E-state index contributed by atoms with van der Waals surface area (Å²) in [5, 5.41) is 36.2. The number of aryl methyl sites for hydroxylation is 2. The van der Waals surface area contributed by atoms with Crippen molar-refractivity contribution in [3.05, 3.63) is 113 Å². The summed E-state index contributed by atoms with van der Waals surface area (Å²) < 4.78 is 45.4. The molecule has 1 saturated carbocycles. The number of anilines is 6. The highest BCUT2D eigenvalue weighted by Crippen LogP contribution is 2.31. The van der Waals surface area contributed by atoms with Gasteiger partial charge in [0.25, 0.3) is 0 Å². The van der Waals surface area contributed by atoms with Crippen molar-refractivity contribution in [3.8, 4) is 17.2 Å². The molecule has 19 nitrogen and oxygen atoms in total. The van der Waals surface area contributed by atoms with Gasteiger partial charge in [0.05, 0.1) is 41.2 Å². The molecule has 2 aromatic carbocycles. The van der Waals surface area contributed by atoms with Crippen molar-refractivity contribution in [3.63, 3.8) is 0 Å². The molecule has 6 heterocycles. The van der Waals surface area contributed by atoms with Gasteiger partial charge in [-0.2, -0.15) is 33.3 Å². The zero-order valence-corrected chi connectivity index (χ0v) is 43.3. The van der Waals surface area contributed by atoms with Gasteiger partial charge in [-0.25, -0.2) is 19.4 Å². The molecule has 2 unspecified atom stereocenters. The maximum atomic E-state index is 10.6. The lowest BCUT2D eigenvalue weighted by Crippen LogP contribution is -2.35. The number of hydrogen-bond donors (Lipinski definition) is 7. The van der Waals surface area contributed by atoms with Crippen molar-refractivity contribution < 1.29 is 32.5 Å². The van der Waals surface area contributed by atoms with Crippen LogP contribution in [0.25, 0.3) is 27.5 Å². The van der Waals surface area contributed by atoms with Gasteiger partial charge in [0, 0.05) is 90.6 Å². The number of aromatic nitrogens is 10. The lowest BCUT2D eigenvalue weighted by molar-refractivity contribution is -0.192. The molecule has 0 radical (unpaired) electrons. The predicted octanol–water partition coefficient (Wildman–Crippen LogP) is 10.3. The zero-order valence-electron chi connectivity index (χ0n) is 41.1. The fourth-order valence-corrected chi connectivity index (χ4v) is 8.10. The molecule has 1 aliphatic carbocycles. The van der Waals surface area contributed by atoms with Crippen LogP contribution >= 0.6 is 22.6 Å². The Morgan fingerprint density at radius 2 is 1.35 bits per heavy atom. The van der Waals surface area contributed by atoms with Gasteiger partial charge >= 0.3 is 12.1 Å². The number of halogens is 4. The van der Waals surface area contributed by atoms with Crippen LogP contribution in [-0.4, -0.2) is 109 Å². The third-order valence-corrected chi connectivity index (χ3v) is 11.8. The predicted molar refractivity (Wildman–Crippen MR) is 283 cm³/mol. The number of pyridine rings is 2. The fraction of sp³-hybridized carbons (Fsp3) is 0.327. The highest BCUT2D eigenvalue weighted by Gasteiger charge is 2.38.